The van der Waals surface area contributed by atoms with E-state index in [0.717, 1.165) is 33.2 Å². The van der Waals surface area contributed by atoms with Crippen LogP contribution >= 0.6 is 0 Å². The lowest BCUT2D eigenvalue weighted by atomic mass is 9.82. The van der Waals surface area contributed by atoms with E-state index in [9.17, 15) is 19.5 Å². The first-order valence-electron chi connectivity index (χ1n) is 19.2. The zero-order valence-corrected chi connectivity index (χ0v) is 33.1. The summed E-state index contributed by atoms with van der Waals surface area (Å²) in [7, 11) is -1.49. The highest BCUT2D eigenvalue weighted by molar-refractivity contribution is 6.71. The first-order valence-corrected chi connectivity index (χ1v) is 22.2. The number of carbonyl (C=O) groups is 3. The number of nitrogens with one attached hydrogen (secondary N) is 2. The maximum absolute atomic E-state index is 15.1. The number of para-hydroxylation sites is 1. The van der Waals surface area contributed by atoms with Gasteiger partial charge in [0.1, 0.15) is 5.75 Å². The van der Waals surface area contributed by atoms with E-state index in [0.29, 0.717) is 35.7 Å². The molecule has 3 aliphatic rings. The average Bonchev–Trinajstić information content (AvgIpc) is 3.80. The number of H-pyrrole nitrogens is 1. The van der Waals surface area contributed by atoms with Gasteiger partial charge in [0.2, 0.25) is 11.8 Å². The Kier molecular flexibility index (Phi) is 9.86. The summed E-state index contributed by atoms with van der Waals surface area (Å²) < 4.78 is 12.6. The van der Waals surface area contributed by atoms with Gasteiger partial charge in [-0.1, -0.05) is 61.5 Å². The van der Waals surface area contributed by atoms with Gasteiger partial charge in [-0.3, -0.25) is 14.4 Å². The number of aliphatic hydroxyl groups is 1. The van der Waals surface area contributed by atoms with E-state index < -0.39 is 31.5 Å². The van der Waals surface area contributed by atoms with Crippen molar-refractivity contribution >= 4 is 48.3 Å². The SMILES string of the molecule is COc1ccc2c(c1)[C@]1(O[C@@H](CC(=O)N3Cc4ccccc4C[C@H]3CO)[C@H]([Si](C)(C)O)[C@H]1C)C(=O)N2Cc1cccc(NC(=O)Cc2c[nH]c3ccccc23)c1. The monoisotopic (exact) mass is 772 g/mol. The second-order valence-corrected chi connectivity index (χ2v) is 19.9. The Labute approximate surface area is 327 Å². The van der Waals surface area contributed by atoms with Crippen LogP contribution < -0.4 is 15.0 Å². The molecule has 4 N–H and O–H groups in total. The molecular weight excluding hydrogens is 725 g/mol. The Hall–Kier alpha value is -5.27. The number of hydrogen-bond acceptors (Lipinski definition) is 7. The van der Waals surface area contributed by atoms with E-state index in [2.05, 4.69) is 10.3 Å². The van der Waals surface area contributed by atoms with E-state index in [1.807, 2.05) is 117 Å². The van der Waals surface area contributed by atoms with Gasteiger partial charge in [0, 0.05) is 46.4 Å². The third kappa shape index (κ3) is 6.60. The lowest BCUT2D eigenvalue weighted by Crippen LogP contribution is -2.48. The number of carbonyl (C=O) groups excluding carboxylic acids is 3. The molecule has 0 aliphatic carbocycles. The van der Waals surface area contributed by atoms with Gasteiger partial charge in [0.25, 0.3) is 5.91 Å². The standard InChI is InChI=1S/C44H48N4O7Si/c1-27-42(56(3,4)53)39(22-41(51)47-25-30-12-6-5-11-29(30)19-33(47)26-49)55-44(27)36-21-34(54-2)16-17-38(36)48(43(44)52)24-28-10-9-13-32(18-28)46-40(50)20-31-23-45-37-15-8-7-14-35(31)37/h5-18,21,23,27,33,39,42,45,49,53H,19-20,22,24-26H2,1-4H3,(H,46,50)/t27-,33+,39+,42-,44+/m1/s1. The molecule has 5 atom stereocenters. The zero-order valence-electron chi connectivity index (χ0n) is 32.1. The van der Waals surface area contributed by atoms with Crippen molar-refractivity contribution in [1.29, 1.82) is 0 Å². The molecule has 1 aromatic heterocycles. The molecule has 0 radical (unpaired) electrons. The fourth-order valence-corrected chi connectivity index (χ4v) is 12.0. The van der Waals surface area contributed by atoms with Crippen LogP contribution in [0.5, 0.6) is 5.75 Å². The van der Waals surface area contributed by atoms with Crippen LogP contribution in [0.2, 0.25) is 18.6 Å². The molecule has 11 nitrogen and oxygen atoms in total. The maximum Gasteiger partial charge on any atom is 0.264 e. The number of ether oxygens (including phenoxy) is 2. The smallest absolute Gasteiger partial charge is 0.264 e. The van der Waals surface area contributed by atoms with Crippen LogP contribution in [0, 0.1) is 5.92 Å². The number of methoxy groups -OCH3 is 1. The quantitative estimate of drug-likeness (QED) is 0.127. The van der Waals surface area contributed by atoms with Crippen molar-refractivity contribution < 1.29 is 33.8 Å². The first-order chi connectivity index (χ1) is 26.9. The normalized spacial score (nSPS) is 23.1. The molecule has 56 heavy (non-hydrogen) atoms. The predicted octanol–water partition coefficient (Wildman–Crippen LogP) is 6.04. The lowest BCUT2D eigenvalue weighted by molar-refractivity contribution is -0.151. The fourth-order valence-electron chi connectivity index (χ4n) is 9.46. The fraction of sp³-hybridized carbons (Fsp3) is 0.341. The molecule has 1 fully saturated rings. The molecule has 5 aromatic rings. The third-order valence-electron chi connectivity index (χ3n) is 12.0. The molecule has 0 saturated carbocycles. The van der Waals surface area contributed by atoms with Gasteiger partial charge >= 0.3 is 0 Å². The highest BCUT2D eigenvalue weighted by atomic mass is 28.4. The summed E-state index contributed by atoms with van der Waals surface area (Å²) in [6.07, 6.45) is 1.81. The molecule has 3 aliphatic heterocycles. The molecule has 1 saturated heterocycles. The zero-order chi connectivity index (χ0) is 39.4. The highest BCUT2D eigenvalue weighted by Crippen LogP contribution is 2.60. The van der Waals surface area contributed by atoms with Crippen LogP contribution in [0.1, 0.15) is 41.2 Å². The van der Waals surface area contributed by atoms with E-state index >= 15 is 4.79 Å². The minimum Gasteiger partial charge on any atom is -0.497 e. The molecule has 8 rings (SSSR count). The number of aromatic amines is 1. The van der Waals surface area contributed by atoms with Crippen LogP contribution in [0.15, 0.2) is 97.2 Å². The molecule has 0 bridgehead atoms. The second kappa shape index (κ2) is 14.7. The summed E-state index contributed by atoms with van der Waals surface area (Å²) in [5.74, 6) is -0.549. The lowest BCUT2D eigenvalue weighted by Gasteiger charge is -2.37. The van der Waals surface area contributed by atoms with Crippen molar-refractivity contribution in [3.63, 3.8) is 0 Å². The van der Waals surface area contributed by atoms with Gasteiger partial charge in [-0.2, -0.15) is 0 Å². The number of hydrogen-bond donors (Lipinski definition) is 4. The van der Waals surface area contributed by atoms with Gasteiger partial charge in [-0.05, 0) is 78.2 Å². The number of benzene rings is 4. The van der Waals surface area contributed by atoms with Crippen LogP contribution in [0.3, 0.4) is 0 Å². The Bertz CT molecular complexity index is 2320. The minimum absolute atomic E-state index is 0.0424. The number of aliphatic hydroxyl groups excluding tert-OH is 1. The summed E-state index contributed by atoms with van der Waals surface area (Å²) in [5, 5.41) is 14.4. The minimum atomic E-state index is -3.06. The Morgan fingerprint density at radius 1 is 1.02 bits per heavy atom. The van der Waals surface area contributed by atoms with E-state index in [-0.39, 0.29) is 49.8 Å². The molecule has 1 spiro atoms. The Balaban J connectivity index is 1.07. The number of rotatable bonds is 10. The van der Waals surface area contributed by atoms with E-state index in [1.54, 1.807) is 16.9 Å². The number of aromatic nitrogens is 1. The van der Waals surface area contributed by atoms with Crippen molar-refractivity contribution in [3.05, 3.63) is 125 Å². The first kappa shape index (κ1) is 37.6. The van der Waals surface area contributed by atoms with Crippen molar-refractivity contribution in [2.75, 3.05) is 23.9 Å². The summed E-state index contributed by atoms with van der Waals surface area (Å²) in [4.78, 5) is 61.0. The molecule has 290 valence electrons. The average molecular weight is 773 g/mol. The van der Waals surface area contributed by atoms with Crippen LogP contribution in [0.25, 0.3) is 10.9 Å². The largest absolute Gasteiger partial charge is 0.497 e. The topological polar surface area (TPSA) is 144 Å². The number of amides is 3. The highest BCUT2D eigenvalue weighted by Gasteiger charge is 2.66. The Morgan fingerprint density at radius 2 is 1.79 bits per heavy atom. The summed E-state index contributed by atoms with van der Waals surface area (Å²) >= 11 is 0. The van der Waals surface area contributed by atoms with E-state index in [1.165, 1.54) is 0 Å². The molecule has 12 heteroatoms. The van der Waals surface area contributed by atoms with Gasteiger partial charge in [0.05, 0.1) is 50.9 Å². The van der Waals surface area contributed by atoms with Crippen molar-refractivity contribution in [2.45, 2.75) is 75.7 Å². The van der Waals surface area contributed by atoms with Crippen molar-refractivity contribution in [2.24, 2.45) is 5.92 Å². The molecule has 4 heterocycles. The second-order valence-electron chi connectivity index (χ2n) is 16.0. The summed E-state index contributed by atoms with van der Waals surface area (Å²) in [6, 6.07) is 28.4. The van der Waals surface area contributed by atoms with Gasteiger partial charge < -0.3 is 39.5 Å². The van der Waals surface area contributed by atoms with Crippen molar-refractivity contribution in [1.82, 2.24) is 9.88 Å². The molecule has 3 amide bonds. The van der Waals surface area contributed by atoms with Gasteiger partial charge in [-0.25, -0.2) is 0 Å². The molecule has 4 aromatic carbocycles. The van der Waals surface area contributed by atoms with Gasteiger partial charge in [0.15, 0.2) is 13.9 Å². The van der Waals surface area contributed by atoms with Gasteiger partial charge in [-0.15, -0.1) is 0 Å². The van der Waals surface area contributed by atoms with Crippen LogP contribution in [0.4, 0.5) is 11.4 Å². The third-order valence-corrected chi connectivity index (χ3v) is 14.5. The van der Waals surface area contributed by atoms with Crippen LogP contribution in [-0.4, -0.2) is 71.7 Å². The number of anilines is 2. The summed E-state index contributed by atoms with van der Waals surface area (Å²) in [5.41, 5.74) is 4.79. The molecular formula is C44H48N4O7Si. The van der Waals surface area contributed by atoms with Crippen LogP contribution in [-0.2, 0) is 50.7 Å². The molecule has 0 unspecified atom stereocenters. The Morgan fingerprint density at radius 3 is 2.55 bits per heavy atom. The number of nitrogens with zero attached hydrogens (tertiary/aromatic N) is 2. The van der Waals surface area contributed by atoms with Crippen molar-refractivity contribution in [3.8, 4) is 5.75 Å². The number of fused-ring (bicyclic) bond motifs is 4. The van der Waals surface area contributed by atoms with E-state index in [4.69, 9.17) is 9.47 Å². The summed E-state index contributed by atoms with van der Waals surface area (Å²) in [6.45, 7) is 6.01. The maximum atomic E-state index is 15.1. The predicted molar refractivity (Wildman–Crippen MR) is 217 cm³/mol.